The molecular weight excluding hydrogens is 264 g/mol. The van der Waals surface area contributed by atoms with E-state index in [9.17, 15) is 0 Å². The van der Waals surface area contributed by atoms with E-state index in [0.717, 1.165) is 22.6 Å². The van der Waals surface area contributed by atoms with E-state index in [4.69, 9.17) is 4.52 Å². The molecule has 14 heavy (non-hydrogen) atoms. The van der Waals surface area contributed by atoms with E-state index >= 15 is 0 Å². The normalized spacial score (nSPS) is 10.6. The fraction of sp³-hybridized carbons (Fsp3) is 0.222. The molecule has 0 saturated carbocycles. The number of nitrogens with zero attached hydrogens (tertiary/aromatic N) is 1. The molecule has 3 nitrogen and oxygen atoms in total. The first-order chi connectivity index (χ1) is 6.84. The summed E-state index contributed by atoms with van der Waals surface area (Å²) in [5, 5.41) is 9.21. The molecule has 0 aromatic carbocycles. The highest BCUT2D eigenvalue weighted by Crippen LogP contribution is 2.20. The molecule has 2 rings (SSSR count). The average molecular weight is 273 g/mol. The number of halogens is 1. The van der Waals surface area contributed by atoms with Gasteiger partial charge in [-0.05, 0) is 32.9 Å². The Morgan fingerprint density at radius 1 is 1.50 bits per heavy atom. The minimum atomic E-state index is 0.740. The van der Waals surface area contributed by atoms with Gasteiger partial charge in [0.15, 0.2) is 0 Å². The molecule has 0 aliphatic carbocycles. The third-order valence-electron chi connectivity index (χ3n) is 1.75. The number of thiophene rings is 1. The second kappa shape index (κ2) is 4.72. The van der Waals surface area contributed by atoms with Crippen molar-refractivity contribution in [3.05, 3.63) is 38.8 Å². The van der Waals surface area contributed by atoms with Gasteiger partial charge in [0.25, 0.3) is 0 Å². The topological polar surface area (TPSA) is 38.1 Å². The molecular formula is C9H9BrN2OS. The first-order valence-corrected chi connectivity index (χ1v) is 5.85. The molecule has 0 amide bonds. The molecule has 2 aromatic rings. The van der Waals surface area contributed by atoms with Gasteiger partial charge in [-0.15, -0.1) is 11.3 Å². The van der Waals surface area contributed by atoms with Gasteiger partial charge in [0, 0.05) is 19.2 Å². The molecule has 0 unspecified atom stereocenters. The zero-order chi connectivity index (χ0) is 9.80. The van der Waals surface area contributed by atoms with Crippen molar-refractivity contribution in [3.63, 3.8) is 0 Å². The summed E-state index contributed by atoms with van der Waals surface area (Å²) < 4.78 is 5.89. The summed E-state index contributed by atoms with van der Waals surface area (Å²) in [6.07, 6.45) is 1.58. The SMILES string of the molecule is Brc1cc(CNCc2ccon2)cs1. The highest BCUT2D eigenvalue weighted by Gasteiger charge is 1.98. The molecule has 5 heteroatoms. The summed E-state index contributed by atoms with van der Waals surface area (Å²) in [5.74, 6) is 0. The number of hydrogen-bond acceptors (Lipinski definition) is 4. The lowest BCUT2D eigenvalue weighted by Gasteiger charge is -1.98. The van der Waals surface area contributed by atoms with Crippen molar-refractivity contribution in [2.75, 3.05) is 0 Å². The average Bonchev–Trinajstić information content (AvgIpc) is 2.77. The number of rotatable bonds is 4. The van der Waals surface area contributed by atoms with Crippen molar-refractivity contribution in [3.8, 4) is 0 Å². The van der Waals surface area contributed by atoms with Gasteiger partial charge in [0.1, 0.15) is 6.26 Å². The summed E-state index contributed by atoms with van der Waals surface area (Å²) in [7, 11) is 0. The minimum Gasteiger partial charge on any atom is -0.364 e. The van der Waals surface area contributed by atoms with Crippen molar-refractivity contribution in [2.24, 2.45) is 0 Å². The zero-order valence-electron chi connectivity index (χ0n) is 7.37. The Morgan fingerprint density at radius 2 is 2.43 bits per heavy atom. The molecule has 0 atom stereocenters. The monoisotopic (exact) mass is 272 g/mol. The Labute approximate surface area is 94.2 Å². The van der Waals surface area contributed by atoms with Gasteiger partial charge >= 0.3 is 0 Å². The van der Waals surface area contributed by atoms with E-state index in [1.807, 2.05) is 6.07 Å². The van der Waals surface area contributed by atoms with Crippen molar-refractivity contribution >= 4 is 27.3 Å². The minimum absolute atomic E-state index is 0.740. The van der Waals surface area contributed by atoms with E-state index in [1.54, 1.807) is 17.6 Å². The van der Waals surface area contributed by atoms with Crippen LogP contribution in [-0.4, -0.2) is 5.16 Å². The fourth-order valence-electron chi connectivity index (χ4n) is 1.10. The van der Waals surface area contributed by atoms with Crippen molar-refractivity contribution in [1.82, 2.24) is 10.5 Å². The Hall–Kier alpha value is -0.650. The van der Waals surface area contributed by atoms with E-state index in [1.165, 1.54) is 5.56 Å². The van der Waals surface area contributed by atoms with Gasteiger partial charge in [-0.1, -0.05) is 5.16 Å². The van der Waals surface area contributed by atoms with Gasteiger partial charge in [0.2, 0.25) is 0 Å². The van der Waals surface area contributed by atoms with Gasteiger partial charge in [-0.2, -0.15) is 0 Å². The molecule has 74 valence electrons. The summed E-state index contributed by atoms with van der Waals surface area (Å²) in [6, 6.07) is 3.97. The van der Waals surface area contributed by atoms with E-state index in [0.29, 0.717) is 0 Å². The van der Waals surface area contributed by atoms with E-state index in [-0.39, 0.29) is 0 Å². The van der Waals surface area contributed by atoms with Crippen LogP contribution in [0.5, 0.6) is 0 Å². The summed E-state index contributed by atoms with van der Waals surface area (Å²) in [4.78, 5) is 0. The van der Waals surface area contributed by atoms with E-state index < -0.39 is 0 Å². The molecule has 0 aliphatic heterocycles. The maximum absolute atomic E-state index is 4.73. The standard InChI is InChI=1S/C9H9BrN2OS/c10-9-3-7(6-14-9)4-11-5-8-1-2-13-12-8/h1-3,6,11H,4-5H2. The van der Waals surface area contributed by atoms with Crippen LogP contribution in [0.15, 0.2) is 32.1 Å². The lowest BCUT2D eigenvalue weighted by molar-refractivity contribution is 0.408. The summed E-state index contributed by atoms with van der Waals surface area (Å²) in [5.41, 5.74) is 2.21. The maximum atomic E-state index is 4.73. The van der Waals surface area contributed by atoms with Crippen LogP contribution in [0.25, 0.3) is 0 Å². The quantitative estimate of drug-likeness (QED) is 0.930. The third-order valence-corrected chi connectivity index (χ3v) is 3.30. The van der Waals surface area contributed by atoms with Crippen LogP contribution in [0.4, 0.5) is 0 Å². The second-order valence-electron chi connectivity index (χ2n) is 2.85. The molecule has 0 spiro atoms. The van der Waals surface area contributed by atoms with Crippen LogP contribution in [0, 0.1) is 0 Å². The van der Waals surface area contributed by atoms with Gasteiger partial charge < -0.3 is 9.84 Å². The molecule has 2 aromatic heterocycles. The van der Waals surface area contributed by atoms with Gasteiger partial charge in [-0.25, -0.2) is 0 Å². The maximum Gasteiger partial charge on any atom is 0.124 e. The van der Waals surface area contributed by atoms with Gasteiger partial charge in [-0.3, -0.25) is 0 Å². The molecule has 0 fully saturated rings. The number of hydrogen-bond donors (Lipinski definition) is 1. The molecule has 0 radical (unpaired) electrons. The first kappa shape index (κ1) is 9.89. The van der Waals surface area contributed by atoms with Gasteiger partial charge in [0.05, 0.1) is 9.48 Å². The van der Waals surface area contributed by atoms with Crippen LogP contribution in [-0.2, 0) is 13.1 Å². The molecule has 1 N–H and O–H groups in total. The second-order valence-corrected chi connectivity index (χ2v) is 5.14. The smallest absolute Gasteiger partial charge is 0.124 e. The van der Waals surface area contributed by atoms with Crippen LogP contribution in [0.2, 0.25) is 0 Å². The summed E-state index contributed by atoms with van der Waals surface area (Å²) in [6.45, 7) is 1.60. The Bertz CT molecular complexity index is 385. The number of aromatic nitrogens is 1. The largest absolute Gasteiger partial charge is 0.364 e. The lowest BCUT2D eigenvalue weighted by Crippen LogP contribution is -2.12. The van der Waals surface area contributed by atoms with Crippen molar-refractivity contribution in [1.29, 1.82) is 0 Å². The summed E-state index contributed by atoms with van der Waals surface area (Å²) >= 11 is 5.12. The zero-order valence-corrected chi connectivity index (χ0v) is 9.77. The van der Waals surface area contributed by atoms with Crippen LogP contribution < -0.4 is 5.32 Å². The third kappa shape index (κ3) is 2.67. The Balaban J connectivity index is 1.78. The molecule has 0 bridgehead atoms. The highest BCUT2D eigenvalue weighted by molar-refractivity contribution is 9.11. The van der Waals surface area contributed by atoms with Crippen LogP contribution in [0.3, 0.4) is 0 Å². The Morgan fingerprint density at radius 3 is 3.07 bits per heavy atom. The predicted octanol–water partition coefficient (Wildman–Crippen LogP) is 2.79. The van der Waals surface area contributed by atoms with Crippen LogP contribution in [0.1, 0.15) is 11.3 Å². The first-order valence-electron chi connectivity index (χ1n) is 4.17. The van der Waals surface area contributed by atoms with Crippen molar-refractivity contribution in [2.45, 2.75) is 13.1 Å². The van der Waals surface area contributed by atoms with Crippen LogP contribution >= 0.6 is 27.3 Å². The number of nitrogens with one attached hydrogen (secondary N) is 1. The predicted molar refractivity (Wildman–Crippen MR) is 59.1 cm³/mol. The highest BCUT2D eigenvalue weighted by atomic mass is 79.9. The Kier molecular flexibility index (Phi) is 3.34. The lowest BCUT2D eigenvalue weighted by atomic mass is 10.3. The van der Waals surface area contributed by atoms with Crippen molar-refractivity contribution < 1.29 is 4.52 Å². The fourth-order valence-corrected chi connectivity index (χ4v) is 2.31. The van der Waals surface area contributed by atoms with E-state index in [2.05, 4.69) is 37.8 Å². The molecule has 0 aliphatic rings. The molecule has 0 saturated heterocycles. The molecule has 2 heterocycles.